The zero-order valence-electron chi connectivity index (χ0n) is 8.23. The molecule has 0 saturated heterocycles. The molecule has 0 aromatic heterocycles. The van der Waals surface area contributed by atoms with Crippen molar-refractivity contribution in [3.8, 4) is 5.75 Å². The van der Waals surface area contributed by atoms with Gasteiger partial charge >= 0.3 is 0 Å². The van der Waals surface area contributed by atoms with Gasteiger partial charge in [-0.25, -0.2) is 0 Å². The lowest BCUT2D eigenvalue weighted by molar-refractivity contribution is 0.293. The SMILES string of the molecule is Cc1cc(Br)c(OC(Br)C(C)Br)c(Br)c1. The second kappa shape index (κ2) is 6.03. The molecule has 1 nitrogen and oxygen atoms in total. The Balaban J connectivity index is 2.95. The summed E-state index contributed by atoms with van der Waals surface area (Å²) >= 11 is 13.9. The summed E-state index contributed by atoms with van der Waals surface area (Å²) in [5.74, 6) is 0.814. The normalized spacial score (nSPS) is 14.8. The van der Waals surface area contributed by atoms with Crippen molar-refractivity contribution in [1.82, 2.24) is 0 Å². The van der Waals surface area contributed by atoms with Gasteiger partial charge in [-0.3, -0.25) is 0 Å². The standard InChI is InChI=1S/C10H10Br4O/c1-5-3-7(12)9(8(13)4-5)15-10(14)6(2)11/h3-4,6,10H,1-2H3. The molecule has 0 radical (unpaired) electrons. The summed E-state index contributed by atoms with van der Waals surface area (Å²) in [5, 5.41) is -0.0622. The van der Waals surface area contributed by atoms with Crippen molar-refractivity contribution < 1.29 is 4.74 Å². The molecule has 1 aromatic rings. The van der Waals surface area contributed by atoms with Crippen LogP contribution < -0.4 is 4.74 Å². The Morgan fingerprint density at radius 2 is 1.60 bits per heavy atom. The van der Waals surface area contributed by atoms with Gasteiger partial charge in [-0.2, -0.15) is 0 Å². The lowest BCUT2D eigenvalue weighted by Gasteiger charge is -2.17. The predicted molar refractivity (Wildman–Crippen MR) is 78.3 cm³/mol. The Hall–Kier alpha value is 0.940. The Morgan fingerprint density at radius 1 is 1.13 bits per heavy atom. The molecule has 0 heterocycles. The molecule has 0 amide bonds. The molecular formula is C10H10Br4O. The van der Waals surface area contributed by atoms with Crippen LogP contribution in [0.1, 0.15) is 12.5 Å². The molecule has 0 aliphatic carbocycles. The number of rotatable bonds is 3. The van der Waals surface area contributed by atoms with Gasteiger partial charge in [0.25, 0.3) is 0 Å². The quantitative estimate of drug-likeness (QED) is 0.543. The lowest BCUT2D eigenvalue weighted by Crippen LogP contribution is -2.17. The molecule has 2 unspecified atom stereocenters. The van der Waals surface area contributed by atoms with Crippen molar-refractivity contribution in [2.45, 2.75) is 23.7 Å². The van der Waals surface area contributed by atoms with E-state index in [4.69, 9.17) is 4.74 Å². The van der Waals surface area contributed by atoms with E-state index in [9.17, 15) is 0 Å². The summed E-state index contributed by atoms with van der Waals surface area (Å²) in [7, 11) is 0. The van der Waals surface area contributed by atoms with Crippen LogP contribution in [-0.4, -0.2) is 9.84 Å². The minimum Gasteiger partial charge on any atom is -0.476 e. The van der Waals surface area contributed by atoms with Crippen LogP contribution in [0.2, 0.25) is 0 Å². The zero-order valence-corrected chi connectivity index (χ0v) is 14.6. The summed E-state index contributed by atoms with van der Waals surface area (Å²) in [6, 6.07) is 4.05. The molecule has 0 aliphatic rings. The zero-order chi connectivity index (χ0) is 11.6. The number of halogens is 4. The van der Waals surface area contributed by atoms with Crippen LogP contribution in [0.5, 0.6) is 5.75 Å². The van der Waals surface area contributed by atoms with Gasteiger partial charge in [0.2, 0.25) is 0 Å². The van der Waals surface area contributed by atoms with Gasteiger partial charge in [0.15, 0.2) is 5.01 Å². The molecule has 2 atom stereocenters. The van der Waals surface area contributed by atoms with E-state index in [1.54, 1.807) is 0 Å². The molecule has 1 aromatic carbocycles. The van der Waals surface area contributed by atoms with E-state index in [0.717, 1.165) is 14.7 Å². The highest BCUT2D eigenvalue weighted by atomic mass is 79.9. The molecule has 0 aliphatic heterocycles. The van der Waals surface area contributed by atoms with Crippen molar-refractivity contribution in [1.29, 1.82) is 0 Å². The maximum Gasteiger partial charge on any atom is 0.165 e. The molecule has 0 bridgehead atoms. The fraction of sp³-hybridized carbons (Fsp3) is 0.400. The molecule has 0 saturated carbocycles. The van der Waals surface area contributed by atoms with Crippen LogP contribution in [0.25, 0.3) is 0 Å². The van der Waals surface area contributed by atoms with E-state index in [1.807, 2.05) is 26.0 Å². The van der Waals surface area contributed by atoms with Gasteiger partial charge in [-0.15, -0.1) is 0 Å². The van der Waals surface area contributed by atoms with Crippen molar-refractivity contribution in [2.24, 2.45) is 0 Å². The van der Waals surface area contributed by atoms with Crippen molar-refractivity contribution >= 4 is 63.7 Å². The van der Waals surface area contributed by atoms with Gasteiger partial charge in [-0.1, -0.05) is 15.9 Å². The van der Waals surface area contributed by atoms with Crippen LogP contribution in [0, 0.1) is 6.92 Å². The third-order valence-corrected chi connectivity index (χ3v) is 5.08. The van der Waals surface area contributed by atoms with E-state index in [2.05, 4.69) is 63.7 Å². The Labute approximate surface area is 123 Å². The first-order valence-corrected chi connectivity index (χ1v) is 7.74. The Kier molecular flexibility index (Phi) is 5.63. The van der Waals surface area contributed by atoms with E-state index < -0.39 is 0 Å². The fourth-order valence-electron chi connectivity index (χ4n) is 1.01. The van der Waals surface area contributed by atoms with Crippen LogP contribution >= 0.6 is 63.7 Å². The van der Waals surface area contributed by atoms with E-state index in [1.165, 1.54) is 5.56 Å². The second-order valence-electron chi connectivity index (χ2n) is 3.20. The number of hydrogen-bond donors (Lipinski definition) is 0. The number of aryl methyl sites for hydroxylation is 1. The summed E-state index contributed by atoms with van der Waals surface area (Å²) in [6.07, 6.45) is 0. The highest BCUT2D eigenvalue weighted by molar-refractivity contribution is 9.12. The first kappa shape index (κ1) is 14.0. The number of ether oxygens (including phenoxy) is 1. The smallest absolute Gasteiger partial charge is 0.165 e. The molecule has 84 valence electrons. The highest BCUT2D eigenvalue weighted by Gasteiger charge is 2.16. The van der Waals surface area contributed by atoms with E-state index >= 15 is 0 Å². The summed E-state index contributed by atoms with van der Waals surface area (Å²) < 4.78 is 7.67. The third kappa shape index (κ3) is 4.02. The van der Waals surface area contributed by atoms with Crippen LogP contribution in [0.3, 0.4) is 0 Å². The van der Waals surface area contributed by atoms with Crippen molar-refractivity contribution in [3.63, 3.8) is 0 Å². The van der Waals surface area contributed by atoms with Gasteiger partial charge in [0, 0.05) is 0 Å². The summed E-state index contributed by atoms with van der Waals surface area (Å²) in [4.78, 5) is 0.234. The molecule has 5 heteroatoms. The van der Waals surface area contributed by atoms with Crippen LogP contribution in [0.4, 0.5) is 0 Å². The van der Waals surface area contributed by atoms with Crippen LogP contribution in [0.15, 0.2) is 21.1 Å². The lowest BCUT2D eigenvalue weighted by atomic mass is 10.2. The van der Waals surface area contributed by atoms with Crippen LogP contribution in [-0.2, 0) is 0 Å². The maximum absolute atomic E-state index is 5.77. The maximum atomic E-state index is 5.77. The molecular weight excluding hydrogens is 456 g/mol. The number of alkyl halides is 2. The first-order valence-electron chi connectivity index (χ1n) is 4.32. The monoisotopic (exact) mass is 462 g/mol. The molecule has 0 spiro atoms. The number of hydrogen-bond acceptors (Lipinski definition) is 1. The second-order valence-corrected chi connectivity index (χ2v) is 7.26. The molecule has 1 rings (SSSR count). The van der Waals surface area contributed by atoms with Gasteiger partial charge in [0.1, 0.15) is 5.75 Å². The average molecular weight is 466 g/mol. The topological polar surface area (TPSA) is 9.23 Å². The minimum atomic E-state index is -0.0622. The van der Waals surface area contributed by atoms with Gasteiger partial charge in [0.05, 0.1) is 13.8 Å². The van der Waals surface area contributed by atoms with E-state index in [0.29, 0.717) is 0 Å². The van der Waals surface area contributed by atoms with Gasteiger partial charge < -0.3 is 4.74 Å². The first-order chi connectivity index (χ1) is 6.91. The fourth-order valence-corrected chi connectivity index (χ4v) is 2.90. The largest absolute Gasteiger partial charge is 0.476 e. The average Bonchev–Trinajstić information content (AvgIpc) is 2.10. The molecule has 0 N–H and O–H groups in total. The van der Waals surface area contributed by atoms with Crippen molar-refractivity contribution in [3.05, 3.63) is 26.6 Å². The van der Waals surface area contributed by atoms with Crippen molar-refractivity contribution in [2.75, 3.05) is 0 Å². The minimum absolute atomic E-state index is 0.0622. The molecule has 0 fully saturated rings. The summed E-state index contributed by atoms with van der Waals surface area (Å²) in [6.45, 7) is 4.06. The van der Waals surface area contributed by atoms with Gasteiger partial charge in [-0.05, 0) is 79.3 Å². The van der Waals surface area contributed by atoms with E-state index in [-0.39, 0.29) is 9.84 Å². The predicted octanol–water partition coefficient (Wildman–Crippen LogP) is 5.40. The number of benzene rings is 1. The summed E-state index contributed by atoms with van der Waals surface area (Å²) in [5.41, 5.74) is 1.18. The Bertz CT molecular complexity index is 328. The molecule has 15 heavy (non-hydrogen) atoms. The third-order valence-electron chi connectivity index (χ3n) is 1.73. The Morgan fingerprint density at radius 3 is 2.00 bits per heavy atom. The highest BCUT2D eigenvalue weighted by Crippen LogP contribution is 2.36.